The van der Waals surface area contributed by atoms with Crippen LogP contribution in [0, 0.1) is 10.1 Å². The number of anilines is 1. The van der Waals surface area contributed by atoms with Gasteiger partial charge in [-0.2, -0.15) is 0 Å². The highest BCUT2D eigenvalue weighted by Crippen LogP contribution is 2.40. The summed E-state index contributed by atoms with van der Waals surface area (Å²) in [6.07, 6.45) is 0.986. The zero-order chi connectivity index (χ0) is 18.2. The van der Waals surface area contributed by atoms with Gasteiger partial charge in [-0.1, -0.05) is 6.92 Å². The highest BCUT2D eigenvalue weighted by Gasteiger charge is 2.29. The topological polar surface area (TPSA) is 81.5 Å². The third kappa shape index (κ3) is 3.63. The molecule has 1 atom stereocenters. The third-order valence-corrected chi connectivity index (χ3v) is 4.37. The highest BCUT2D eigenvalue weighted by atomic mass is 16.6. The second-order valence-corrected chi connectivity index (χ2v) is 7.06. The van der Waals surface area contributed by atoms with Crippen molar-refractivity contribution in [2.45, 2.75) is 38.6 Å². The number of ether oxygens (including phenoxy) is 1. The Labute approximate surface area is 146 Å². The lowest BCUT2D eigenvalue weighted by atomic mass is 9.82. The number of carbonyl (C=O) groups excluding carboxylic acids is 1. The molecule has 0 aromatic heterocycles. The summed E-state index contributed by atoms with van der Waals surface area (Å²) in [5, 5.41) is 14.2. The molecular formula is C19H20N2O4. The quantitative estimate of drug-likeness (QED) is 0.385. The second-order valence-electron chi connectivity index (χ2n) is 7.06. The molecule has 0 saturated heterocycles. The molecule has 6 heteroatoms. The van der Waals surface area contributed by atoms with Crippen molar-refractivity contribution in [3.05, 3.63) is 63.7 Å². The van der Waals surface area contributed by atoms with E-state index in [0.717, 1.165) is 17.7 Å². The maximum atomic E-state index is 12.2. The Bertz CT molecular complexity index is 828. The number of nitrogens with zero attached hydrogens (tertiary/aromatic N) is 1. The average molecular weight is 340 g/mol. The van der Waals surface area contributed by atoms with Crippen molar-refractivity contribution in [3.63, 3.8) is 0 Å². The Kier molecular flexibility index (Phi) is 4.20. The third-order valence-electron chi connectivity index (χ3n) is 4.37. The van der Waals surface area contributed by atoms with Crippen LogP contribution in [0.1, 0.15) is 49.0 Å². The molecule has 0 fully saturated rings. The summed E-state index contributed by atoms with van der Waals surface area (Å²) < 4.78 is 5.43. The number of fused-ring (bicyclic) bond motifs is 1. The van der Waals surface area contributed by atoms with Gasteiger partial charge in [-0.05, 0) is 62.1 Å². The van der Waals surface area contributed by atoms with Gasteiger partial charge < -0.3 is 10.1 Å². The first-order valence-corrected chi connectivity index (χ1v) is 8.14. The molecule has 2 aromatic carbocycles. The average Bonchev–Trinajstić information content (AvgIpc) is 2.54. The molecule has 0 spiro atoms. The van der Waals surface area contributed by atoms with E-state index < -0.39 is 10.9 Å². The van der Waals surface area contributed by atoms with Crippen LogP contribution in [-0.2, 0) is 0 Å². The van der Waals surface area contributed by atoms with E-state index in [2.05, 4.69) is 26.1 Å². The summed E-state index contributed by atoms with van der Waals surface area (Å²) in [4.78, 5) is 22.4. The first-order chi connectivity index (χ1) is 11.7. The number of hydrogen-bond acceptors (Lipinski definition) is 5. The van der Waals surface area contributed by atoms with Crippen molar-refractivity contribution in [2.75, 3.05) is 5.32 Å². The molecule has 1 aliphatic rings. The molecule has 0 amide bonds. The molecule has 1 heterocycles. The van der Waals surface area contributed by atoms with Crippen molar-refractivity contribution < 1.29 is 14.5 Å². The van der Waals surface area contributed by atoms with Crippen molar-refractivity contribution in [1.82, 2.24) is 0 Å². The fraction of sp³-hybridized carbons (Fsp3) is 0.316. The normalized spacial score (nSPS) is 18.0. The zero-order valence-electron chi connectivity index (χ0n) is 14.4. The number of hydrogen-bond donors (Lipinski definition) is 1. The molecule has 1 aliphatic heterocycles. The van der Waals surface area contributed by atoms with Crippen molar-refractivity contribution in [3.8, 4) is 5.75 Å². The molecule has 1 N–H and O–H groups in total. The van der Waals surface area contributed by atoms with Gasteiger partial charge in [0.25, 0.3) is 5.69 Å². The Hall–Kier alpha value is -2.89. The molecule has 6 nitrogen and oxygen atoms in total. The van der Waals surface area contributed by atoms with E-state index in [4.69, 9.17) is 4.74 Å². The number of nitro groups is 1. The van der Waals surface area contributed by atoms with E-state index in [1.165, 1.54) is 24.3 Å². The predicted octanol–water partition coefficient (Wildman–Crippen LogP) is 4.51. The number of nitro benzene ring substituents is 1. The molecular weight excluding hydrogens is 320 g/mol. The van der Waals surface area contributed by atoms with Gasteiger partial charge in [0.2, 0.25) is 0 Å². The molecule has 3 rings (SSSR count). The van der Waals surface area contributed by atoms with Gasteiger partial charge in [-0.3, -0.25) is 10.1 Å². The van der Waals surface area contributed by atoms with Crippen LogP contribution in [0.5, 0.6) is 5.75 Å². The van der Waals surface area contributed by atoms with Gasteiger partial charge in [0.15, 0.2) is 0 Å². The van der Waals surface area contributed by atoms with Gasteiger partial charge >= 0.3 is 5.97 Å². The van der Waals surface area contributed by atoms with Crippen LogP contribution >= 0.6 is 0 Å². The van der Waals surface area contributed by atoms with E-state index in [1.54, 1.807) is 6.07 Å². The fourth-order valence-corrected chi connectivity index (χ4v) is 3.30. The number of rotatable bonds is 3. The highest BCUT2D eigenvalue weighted by molar-refractivity contribution is 5.91. The van der Waals surface area contributed by atoms with Crippen molar-refractivity contribution in [1.29, 1.82) is 0 Å². The van der Waals surface area contributed by atoms with Crippen LogP contribution < -0.4 is 10.1 Å². The Balaban J connectivity index is 1.78. The van der Waals surface area contributed by atoms with Gasteiger partial charge in [0.1, 0.15) is 5.75 Å². The van der Waals surface area contributed by atoms with Crippen LogP contribution in [0.2, 0.25) is 0 Å². The van der Waals surface area contributed by atoms with Crippen molar-refractivity contribution in [2.24, 2.45) is 0 Å². The number of non-ortho nitro benzene ring substituents is 1. The fourth-order valence-electron chi connectivity index (χ4n) is 3.30. The minimum Gasteiger partial charge on any atom is -0.423 e. The Morgan fingerprint density at radius 2 is 1.92 bits per heavy atom. The van der Waals surface area contributed by atoms with Crippen molar-refractivity contribution >= 4 is 17.3 Å². The molecule has 2 aromatic rings. The van der Waals surface area contributed by atoms with E-state index >= 15 is 0 Å². The molecule has 25 heavy (non-hydrogen) atoms. The molecule has 0 radical (unpaired) electrons. The molecule has 0 saturated carbocycles. The molecule has 0 bridgehead atoms. The summed E-state index contributed by atoms with van der Waals surface area (Å²) in [7, 11) is 0. The van der Waals surface area contributed by atoms with Crippen LogP contribution in [0.4, 0.5) is 11.4 Å². The molecule has 130 valence electrons. The second kappa shape index (κ2) is 6.20. The maximum absolute atomic E-state index is 12.2. The van der Waals surface area contributed by atoms with Gasteiger partial charge in [-0.25, -0.2) is 4.79 Å². The van der Waals surface area contributed by atoms with Crippen LogP contribution in [0.25, 0.3) is 0 Å². The lowest BCUT2D eigenvalue weighted by Crippen LogP contribution is -2.36. The first kappa shape index (κ1) is 17.0. The lowest BCUT2D eigenvalue weighted by Gasteiger charge is -2.37. The predicted molar refractivity (Wildman–Crippen MR) is 95.2 cm³/mol. The summed E-state index contributed by atoms with van der Waals surface area (Å²) >= 11 is 0. The van der Waals surface area contributed by atoms with E-state index in [1.807, 2.05) is 12.1 Å². The maximum Gasteiger partial charge on any atom is 0.343 e. The zero-order valence-corrected chi connectivity index (χ0v) is 14.4. The van der Waals surface area contributed by atoms with E-state index in [-0.39, 0.29) is 16.8 Å². The van der Waals surface area contributed by atoms with Gasteiger partial charge in [-0.15, -0.1) is 0 Å². The van der Waals surface area contributed by atoms with E-state index in [9.17, 15) is 14.9 Å². The Morgan fingerprint density at radius 1 is 1.24 bits per heavy atom. The molecule has 1 unspecified atom stereocenters. The summed E-state index contributed by atoms with van der Waals surface area (Å²) in [5.74, 6) is 0.284. The number of nitrogens with one attached hydrogen (secondary N) is 1. The summed E-state index contributed by atoms with van der Waals surface area (Å²) in [6, 6.07) is 10.9. The number of esters is 1. The standard InChI is InChI=1S/C19H20N2O4/c1-12-11-19(2,3)20-17-9-8-15(10-16(12)17)25-18(22)13-4-6-14(7-5-13)21(23)24/h4-10,12,20H,11H2,1-3H3. The van der Waals surface area contributed by atoms with E-state index in [0.29, 0.717) is 11.7 Å². The lowest BCUT2D eigenvalue weighted by molar-refractivity contribution is -0.384. The smallest absolute Gasteiger partial charge is 0.343 e. The summed E-state index contributed by atoms with van der Waals surface area (Å²) in [6.45, 7) is 6.48. The van der Waals surface area contributed by atoms with Crippen LogP contribution in [-0.4, -0.2) is 16.4 Å². The van der Waals surface area contributed by atoms with Crippen LogP contribution in [0.3, 0.4) is 0 Å². The van der Waals surface area contributed by atoms with Gasteiger partial charge in [0, 0.05) is 23.4 Å². The summed E-state index contributed by atoms with van der Waals surface area (Å²) in [5.41, 5.74) is 2.42. The monoisotopic (exact) mass is 340 g/mol. The number of carbonyl (C=O) groups is 1. The Morgan fingerprint density at radius 3 is 2.56 bits per heavy atom. The largest absolute Gasteiger partial charge is 0.423 e. The minimum atomic E-state index is -0.536. The van der Waals surface area contributed by atoms with Crippen LogP contribution in [0.15, 0.2) is 42.5 Å². The SMILES string of the molecule is CC1CC(C)(C)Nc2ccc(OC(=O)c3ccc([N+](=O)[O-])cc3)cc21. The number of benzene rings is 2. The minimum absolute atomic E-state index is 0.0311. The molecule has 0 aliphatic carbocycles. The van der Waals surface area contributed by atoms with Gasteiger partial charge in [0.05, 0.1) is 10.5 Å². The first-order valence-electron chi connectivity index (χ1n) is 8.14.